The van der Waals surface area contributed by atoms with Gasteiger partial charge in [0, 0.05) is 12.4 Å². The molecule has 18 heavy (non-hydrogen) atoms. The van der Waals surface area contributed by atoms with Gasteiger partial charge in [0.15, 0.2) is 5.75 Å². The summed E-state index contributed by atoms with van der Waals surface area (Å²) in [5.41, 5.74) is 1.35. The Hall–Kier alpha value is -2.23. The number of hydrogen-bond acceptors (Lipinski definition) is 3. The fourth-order valence-electron chi connectivity index (χ4n) is 2.03. The van der Waals surface area contributed by atoms with Crippen molar-refractivity contribution in [1.82, 2.24) is 4.57 Å². The van der Waals surface area contributed by atoms with Crippen LogP contribution in [0.5, 0.6) is 11.5 Å². The topological polar surface area (TPSA) is 51.5 Å². The van der Waals surface area contributed by atoms with Crippen LogP contribution in [0.3, 0.4) is 0 Å². The highest BCUT2D eigenvalue weighted by molar-refractivity contribution is 5.88. The summed E-state index contributed by atoms with van der Waals surface area (Å²) in [6.07, 6.45) is 2.50. The van der Waals surface area contributed by atoms with E-state index in [1.165, 1.54) is 11.7 Å². The standard InChI is InChI=1S/C14H15NO3/c1-4-5-9-6-7-11-10(8-9)12(16)13(18-3)14(17)15(11)2/h4,6-8,16H,1,5H2,2-3H3. The average molecular weight is 245 g/mol. The number of nitrogens with zero attached hydrogens (tertiary/aromatic N) is 1. The second-order valence-corrected chi connectivity index (χ2v) is 4.09. The van der Waals surface area contributed by atoms with Gasteiger partial charge < -0.3 is 14.4 Å². The van der Waals surface area contributed by atoms with E-state index in [2.05, 4.69) is 6.58 Å². The van der Waals surface area contributed by atoms with Gasteiger partial charge in [-0.3, -0.25) is 4.79 Å². The van der Waals surface area contributed by atoms with E-state index in [1.54, 1.807) is 13.1 Å². The van der Waals surface area contributed by atoms with Crippen molar-refractivity contribution >= 4 is 10.9 Å². The third kappa shape index (κ3) is 1.76. The molecule has 1 aromatic carbocycles. The van der Waals surface area contributed by atoms with Crippen LogP contribution in [0.4, 0.5) is 0 Å². The Morgan fingerprint density at radius 1 is 1.50 bits per heavy atom. The van der Waals surface area contributed by atoms with Crippen LogP contribution in [-0.4, -0.2) is 16.8 Å². The average Bonchev–Trinajstić information content (AvgIpc) is 2.37. The Kier molecular flexibility index (Phi) is 3.10. The Labute approximate surface area is 105 Å². The molecule has 2 rings (SSSR count). The number of methoxy groups -OCH3 is 1. The monoisotopic (exact) mass is 245 g/mol. The SMILES string of the molecule is C=CCc1ccc2c(c1)c(O)c(OC)c(=O)n2C. The summed E-state index contributed by atoms with van der Waals surface area (Å²) in [6.45, 7) is 3.68. The zero-order valence-electron chi connectivity index (χ0n) is 10.4. The molecule has 0 saturated carbocycles. The summed E-state index contributed by atoms with van der Waals surface area (Å²) in [5.74, 6) is -0.137. The van der Waals surface area contributed by atoms with Gasteiger partial charge in [-0.05, 0) is 24.1 Å². The number of aromatic nitrogens is 1. The van der Waals surface area contributed by atoms with E-state index in [1.807, 2.05) is 18.2 Å². The van der Waals surface area contributed by atoms with Gasteiger partial charge in [0.05, 0.1) is 12.6 Å². The predicted molar refractivity (Wildman–Crippen MR) is 71.3 cm³/mol. The quantitative estimate of drug-likeness (QED) is 0.841. The third-order valence-corrected chi connectivity index (χ3v) is 2.98. The largest absolute Gasteiger partial charge is 0.504 e. The van der Waals surface area contributed by atoms with E-state index >= 15 is 0 Å². The molecule has 1 N–H and O–H groups in total. The van der Waals surface area contributed by atoms with Crippen LogP contribution < -0.4 is 10.3 Å². The molecular weight excluding hydrogens is 230 g/mol. The lowest BCUT2D eigenvalue weighted by Crippen LogP contribution is -2.18. The number of ether oxygens (including phenoxy) is 1. The van der Waals surface area contributed by atoms with Crippen LogP contribution in [-0.2, 0) is 13.5 Å². The molecule has 4 heteroatoms. The van der Waals surface area contributed by atoms with Crippen molar-refractivity contribution in [3.63, 3.8) is 0 Å². The van der Waals surface area contributed by atoms with Gasteiger partial charge in [-0.2, -0.15) is 0 Å². The third-order valence-electron chi connectivity index (χ3n) is 2.98. The Morgan fingerprint density at radius 3 is 2.83 bits per heavy atom. The molecule has 0 bridgehead atoms. The highest BCUT2D eigenvalue weighted by atomic mass is 16.5. The molecule has 0 aliphatic heterocycles. The van der Waals surface area contributed by atoms with E-state index in [0.717, 1.165) is 5.56 Å². The molecule has 2 aromatic rings. The molecule has 94 valence electrons. The highest BCUT2D eigenvalue weighted by Gasteiger charge is 2.15. The van der Waals surface area contributed by atoms with E-state index in [4.69, 9.17) is 4.74 Å². The van der Waals surface area contributed by atoms with Gasteiger partial charge >= 0.3 is 0 Å². The van der Waals surface area contributed by atoms with Crippen LogP contribution in [0.2, 0.25) is 0 Å². The van der Waals surface area contributed by atoms with E-state index < -0.39 is 0 Å². The van der Waals surface area contributed by atoms with Crippen molar-refractivity contribution in [3.8, 4) is 11.5 Å². The Balaban J connectivity index is 2.85. The smallest absolute Gasteiger partial charge is 0.297 e. The van der Waals surface area contributed by atoms with Crippen molar-refractivity contribution in [1.29, 1.82) is 0 Å². The van der Waals surface area contributed by atoms with Gasteiger partial charge in [-0.1, -0.05) is 12.1 Å². The summed E-state index contributed by atoms with van der Waals surface area (Å²) < 4.78 is 6.42. The van der Waals surface area contributed by atoms with Crippen LogP contribution in [0.15, 0.2) is 35.6 Å². The van der Waals surface area contributed by atoms with Crippen LogP contribution >= 0.6 is 0 Å². The summed E-state index contributed by atoms with van der Waals surface area (Å²) in [4.78, 5) is 11.9. The van der Waals surface area contributed by atoms with E-state index in [9.17, 15) is 9.90 Å². The number of rotatable bonds is 3. The first-order valence-electron chi connectivity index (χ1n) is 5.59. The highest BCUT2D eigenvalue weighted by Crippen LogP contribution is 2.31. The molecular formula is C14H15NO3. The first kappa shape index (κ1) is 12.2. The molecule has 0 radical (unpaired) electrons. The van der Waals surface area contributed by atoms with E-state index in [-0.39, 0.29) is 17.1 Å². The Morgan fingerprint density at radius 2 is 2.22 bits per heavy atom. The van der Waals surface area contributed by atoms with Gasteiger partial charge in [0.2, 0.25) is 5.75 Å². The minimum absolute atomic E-state index is 0.0271. The van der Waals surface area contributed by atoms with E-state index in [0.29, 0.717) is 17.3 Å². The van der Waals surface area contributed by atoms with Crippen molar-refractivity contribution in [2.75, 3.05) is 7.11 Å². The molecule has 0 fully saturated rings. The second kappa shape index (κ2) is 4.56. The summed E-state index contributed by atoms with van der Waals surface area (Å²) in [5, 5.41) is 10.7. The van der Waals surface area contributed by atoms with Gasteiger partial charge in [-0.15, -0.1) is 6.58 Å². The van der Waals surface area contributed by atoms with Crippen molar-refractivity contribution in [2.45, 2.75) is 6.42 Å². The van der Waals surface area contributed by atoms with Crippen LogP contribution in [0, 0.1) is 0 Å². The molecule has 0 atom stereocenters. The maximum Gasteiger partial charge on any atom is 0.297 e. The number of aryl methyl sites for hydroxylation is 1. The fraction of sp³-hybridized carbons (Fsp3) is 0.214. The van der Waals surface area contributed by atoms with Gasteiger partial charge in [0.1, 0.15) is 0 Å². The fourth-order valence-corrected chi connectivity index (χ4v) is 2.03. The molecule has 0 aliphatic rings. The Bertz CT molecular complexity index is 671. The predicted octanol–water partition coefficient (Wildman–Crippen LogP) is 1.98. The molecule has 4 nitrogen and oxygen atoms in total. The number of hydrogen-bond donors (Lipinski definition) is 1. The number of benzene rings is 1. The van der Waals surface area contributed by atoms with Crippen LogP contribution in [0.25, 0.3) is 10.9 Å². The maximum atomic E-state index is 11.9. The summed E-state index contributed by atoms with van der Waals surface area (Å²) >= 11 is 0. The lowest BCUT2D eigenvalue weighted by atomic mass is 10.1. The molecule has 0 amide bonds. The minimum atomic E-state index is -0.348. The normalized spacial score (nSPS) is 10.6. The van der Waals surface area contributed by atoms with Gasteiger partial charge in [0.25, 0.3) is 5.56 Å². The number of aromatic hydroxyl groups is 1. The summed E-state index contributed by atoms with van der Waals surface area (Å²) in [6, 6.07) is 5.57. The molecule has 0 aliphatic carbocycles. The number of allylic oxidation sites excluding steroid dienone is 1. The van der Waals surface area contributed by atoms with Crippen molar-refractivity contribution < 1.29 is 9.84 Å². The summed E-state index contributed by atoms with van der Waals surface area (Å²) in [7, 11) is 3.02. The minimum Gasteiger partial charge on any atom is -0.504 e. The first-order valence-corrected chi connectivity index (χ1v) is 5.59. The maximum absolute atomic E-state index is 11.9. The first-order chi connectivity index (χ1) is 8.60. The van der Waals surface area contributed by atoms with Gasteiger partial charge in [-0.25, -0.2) is 0 Å². The van der Waals surface area contributed by atoms with Crippen molar-refractivity contribution in [2.24, 2.45) is 7.05 Å². The second-order valence-electron chi connectivity index (χ2n) is 4.09. The van der Waals surface area contributed by atoms with Crippen molar-refractivity contribution in [3.05, 3.63) is 46.8 Å². The number of fused-ring (bicyclic) bond motifs is 1. The lowest BCUT2D eigenvalue weighted by Gasteiger charge is -2.11. The molecule has 0 unspecified atom stereocenters. The molecule has 0 saturated heterocycles. The lowest BCUT2D eigenvalue weighted by molar-refractivity contribution is 0.368. The zero-order valence-corrected chi connectivity index (χ0v) is 10.4. The van der Waals surface area contributed by atoms with Crippen LogP contribution in [0.1, 0.15) is 5.56 Å². The molecule has 1 heterocycles. The molecule has 1 aromatic heterocycles. The zero-order chi connectivity index (χ0) is 13.3. The molecule has 0 spiro atoms. The number of pyridine rings is 1.